The first-order valence-corrected chi connectivity index (χ1v) is 8.11. The smallest absolute Gasteiger partial charge is 0.314 e. The topological polar surface area (TPSA) is 78.4 Å². The van der Waals surface area contributed by atoms with E-state index in [0.717, 1.165) is 32.1 Å². The fourth-order valence-corrected chi connectivity index (χ4v) is 3.32. The van der Waals surface area contributed by atoms with Crippen molar-refractivity contribution < 1.29 is 14.7 Å². The van der Waals surface area contributed by atoms with E-state index in [1.54, 1.807) is 0 Å². The number of carbonyl (C=O) groups excluding carboxylic acids is 1. The molecule has 0 aromatic rings. The van der Waals surface area contributed by atoms with Crippen LogP contribution in [0.25, 0.3) is 0 Å². The highest BCUT2D eigenvalue weighted by molar-refractivity contribution is 5.78. The molecule has 2 rings (SSSR count). The molecule has 0 aromatic heterocycles. The number of carbonyl (C=O) groups is 2. The zero-order valence-electron chi connectivity index (χ0n) is 13.2. The lowest BCUT2D eigenvalue weighted by atomic mass is 9.80. The first-order chi connectivity index (χ1) is 9.86. The molecule has 0 aliphatic heterocycles. The van der Waals surface area contributed by atoms with Gasteiger partial charge in [-0.15, -0.1) is 0 Å². The summed E-state index contributed by atoms with van der Waals surface area (Å²) in [7, 11) is 0. The van der Waals surface area contributed by atoms with Crippen molar-refractivity contribution in [2.75, 3.05) is 13.1 Å². The standard InChI is InChI=1S/C16H28N2O3/c1-15(2)9-12(15)10-17-14(21)18-11-16(13(19)20)7-5-3-4-6-8-16/h12H,3-11H2,1-2H3,(H,19,20)(H2,17,18,21). The highest BCUT2D eigenvalue weighted by Crippen LogP contribution is 2.50. The van der Waals surface area contributed by atoms with Crippen LogP contribution in [0.3, 0.4) is 0 Å². The normalized spacial score (nSPS) is 26.5. The Morgan fingerprint density at radius 2 is 1.67 bits per heavy atom. The van der Waals surface area contributed by atoms with Crippen molar-refractivity contribution in [3.8, 4) is 0 Å². The van der Waals surface area contributed by atoms with Crippen molar-refractivity contribution in [1.82, 2.24) is 10.6 Å². The van der Waals surface area contributed by atoms with Crippen LogP contribution < -0.4 is 10.6 Å². The van der Waals surface area contributed by atoms with E-state index in [9.17, 15) is 14.7 Å². The van der Waals surface area contributed by atoms with Crippen molar-refractivity contribution in [1.29, 1.82) is 0 Å². The van der Waals surface area contributed by atoms with Gasteiger partial charge in [0.05, 0.1) is 5.41 Å². The van der Waals surface area contributed by atoms with E-state index < -0.39 is 11.4 Å². The molecule has 1 atom stereocenters. The van der Waals surface area contributed by atoms with E-state index >= 15 is 0 Å². The molecule has 1 unspecified atom stereocenters. The Labute approximate surface area is 126 Å². The Morgan fingerprint density at radius 3 is 2.14 bits per heavy atom. The molecule has 5 nitrogen and oxygen atoms in total. The number of urea groups is 1. The van der Waals surface area contributed by atoms with Crippen LogP contribution in [-0.4, -0.2) is 30.2 Å². The fourth-order valence-electron chi connectivity index (χ4n) is 3.32. The van der Waals surface area contributed by atoms with Crippen LogP contribution in [0.5, 0.6) is 0 Å². The van der Waals surface area contributed by atoms with Crippen molar-refractivity contribution in [3.63, 3.8) is 0 Å². The number of aliphatic carboxylic acids is 1. The Hall–Kier alpha value is -1.26. The van der Waals surface area contributed by atoms with Crippen LogP contribution in [0.4, 0.5) is 4.79 Å². The molecule has 2 aliphatic rings. The molecular weight excluding hydrogens is 268 g/mol. The molecule has 2 aliphatic carbocycles. The second kappa shape index (κ2) is 6.24. The predicted molar refractivity (Wildman–Crippen MR) is 81.1 cm³/mol. The van der Waals surface area contributed by atoms with E-state index in [1.807, 2.05) is 0 Å². The molecule has 0 saturated heterocycles. The van der Waals surface area contributed by atoms with Crippen LogP contribution in [0.2, 0.25) is 0 Å². The Morgan fingerprint density at radius 1 is 1.10 bits per heavy atom. The third-order valence-corrected chi connectivity index (χ3v) is 5.33. The predicted octanol–water partition coefficient (Wildman–Crippen LogP) is 2.76. The van der Waals surface area contributed by atoms with Crippen molar-refractivity contribution in [3.05, 3.63) is 0 Å². The van der Waals surface area contributed by atoms with Gasteiger partial charge in [0, 0.05) is 13.1 Å². The van der Waals surface area contributed by atoms with Crippen LogP contribution >= 0.6 is 0 Å². The van der Waals surface area contributed by atoms with E-state index in [0.29, 0.717) is 30.7 Å². The van der Waals surface area contributed by atoms with Crippen LogP contribution in [0, 0.1) is 16.7 Å². The fraction of sp³-hybridized carbons (Fsp3) is 0.875. The van der Waals surface area contributed by atoms with Gasteiger partial charge in [-0.3, -0.25) is 4.79 Å². The quantitative estimate of drug-likeness (QED) is 0.683. The third kappa shape index (κ3) is 4.11. The first kappa shape index (κ1) is 16.1. The molecule has 0 aromatic carbocycles. The molecule has 0 heterocycles. The summed E-state index contributed by atoms with van der Waals surface area (Å²) >= 11 is 0. The SMILES string of the molecule is CC1(C)CC1CNC(=O)NCC1(C(=O)O)CCCCCC1. The van der Waals surface area contributed by atoms with Crippen molar-refractivity contribution in [2.45, 2.75) is 58.8 Å². The van der Waals surface area contributed by atoms with E-state index in [-0.39, 0.29) is 12.6 Å². The lowest BCUT2D eigenvalue weighted by molar-refractivity contribution is -0.149. The summed E-state index contributed by atoms with van der Waals surface area (Å²) in [4.78, 5) is 23.5. The summed E-state index contributed by atoms with van der Waals surface area (Å²) in [5.41, 5.74) is -0.427. The molecule has 2 fully saturated rings. The first-order valence-electron chi connectivity index (χ1n) is 8.11. The lowest BCUT2D eigenvalue weighted by Crippen LogP contribution is -2.46. The van der Waals surface area contributed by atoms with Gasteiger partial charge in [-0.1, -0.05) is 39.5 Å². The van der Waals surface area contributed by atoms with Crippen LogP contribution in [0.15, 0.2) is 0 Å². The number of carboxylic acids is 1. The van der Waals surface area contributed by atoms with Crippen molar-refractivity contribution >= 4 is 12.0 Å². The minimum atomic E-state index is -0.771. The number of amides is 2. The molecule has 0 radical (unpaired) electrons. The van der Waals surface area contributed by atoms with Gasteiger partial charge in [-0.05, 0) is 30.6 Å². The molecule has 0 bridgehead atoms. The summed E-state index contributed by atoms with van der Waals surface area (Å²) in [5.74, 6) is -0.220. The minimum Gasteiger partial charge on any atom is -0.481 e. The van der Waals surface area contributed by atoms with Gasteiger partial charge in [0.15, 0.2) is 0 Å². The number of nitrogens with one attached hydrogen (secondary N) is 2. The largest absolute Gasteiger partial charge is 0.481 e. The lowest BCUT2D eigenvalue weighted by Gasteiger charge is -2.28. The number of carboxylic acid groups (broad SMARTS) is 1. The molecule has 120 valence electrons. The molecular formula is C16H28N2O3. The number of hydrogen-bond donors (Lipinski definition) is 3. The van der Waals surface area contributed by atoms with Gasteiger partial charge in [0.2, 0.25) is 0 Å². The van der Waals surface area contributed by atoms with Crippen LogP contribution in [-0.2, 0) is 4.79 Å². The van der Waals surface area contributed by atoms with Crippen LogP contribution in [0.1, 0.15) is 58.8 Å². The average Bonchev–Trinajstić information content (AvgIpc) is 3.10. The number of hydrogen-bond acceptors (Lipinski definition) is 2. The van der Waals surface area contributed by atoms with E-state index in [2.05, 4.69) is 24.5 Å². The van der Waals surface area contributed by atoms with Gasteiger partial charge in [0.25, 0.3) is 0 Å². The summed E-state index contributed by atoms with van der Waals surface area (Å²) in [5, 5.41) is 15.2. The zero-order chi connectivity index (χ0) is 15.5. The van der Waals surface area contributed by atoms with Gasteiger partial charge in [-0.25, -0.2) is 4.79 Å². The Balaban J connectivity index is 1.78. The van der Waals surface area contributed by atoms with E-state index in [4.69, 9.17) is 0 Å². The average molecular weight is 296 g/mol. The maximum atomic E-state index is 11.9. The zero-order valence-corrected chi connectivity index (χ0v) is 13.2. The second-order valence-corrected chi connectivity index (χ2v) is 7.45. The maximum absolute atomic E-state index is 11.9. The highest BCUT2D eigenvalue weighted by Gasteiger charge is 2.45. The summed E-state index contributed by atoms with van der Waals surface area (Å²) in [6, 6.07) is -0.234. The molecule has 2 amide bonds. The summed E-state index contributed by atoms with van der Waals surface area (Å²) < 4.78 is 0. The van der Waals surface area contributed by atoms with Gasteiger partial charge in [0.1, 0.15) is 0 Å². The van der Waals surface area contributed by atoms with Gasteiger partial charge < -0.3 is 15.7 Å². The maximum Gasteiger partial charge on any atom is 0.314 e. The monoisotopic (exact) mass is 296 g/mol. The Bertz CT molecular complexity index is 398. The summed E-state index contributed by atoms with van der Waals surface area (Å²) in [6.07, 6.45) is 6.54. The molecule has 0 spiro atoms. The molecule has 5 heteroatoms. The van der Waals surface area contributed by atoms with Gasteiger partial charge in [-0.2, -0.15) is 0 Å². The molecule has 21 heavy (non-hydrogen) atoms. The molecule has 3 N–H and O–H groups in total. The van der Waals surface area contributed by atoms with Gasteiger partial charge >= 0.3 is 12.0 Å². The molecule has 2 saturated carbocycles. The van der Waals surface area contributed by atoms with E-state index in [1.165, 1.54) is 0 Å². The minimum absolute atomic E-state index is 0.234. The Kier molecular flexibility index (Phi) is 4.79. The second-order valence-electron chi connectivity index (χ2n) is 7.45. The summed E-state index contributed by atoms with van der Waals surface area (Å²) in [6.45, 7) is 5.31. The van der Waals surface area contributed by atoms with Crippen molar-refractivity contribution in [2.24, 2.45) is 16.7 Å². The third-order valence-electron chi connectivity index (χ3n) is 5.33. The number of rotatable bonds is 5. The highest BCUT2D eigenvalue weighted by atomic mass is 16.4.